The Bertz CT molecular complexity index is 1210. The first kappa shape index (κ1) is 26.7. The molecular weight excluding hydrogens is 622 g/mol. The van der Waals surface area contributed by atoms with Crippen molar-refractivity contribution in [1.82, 2.24) is 9.80 Å². The molecule has 0 atom stereocenters. The average molecular weight is 645 g/mol. The van der Waals surface area contributed by atoms with Crippen LogP contribution >= 0.6 is 46.0 Å². The van der Waals surface area contributed by atoms with Gasteiger partial charge in [0.05, 0.1) is 20.1 Å². The number of rotatable bonds is 8. The van der Waals surface area contributed by atoms with E-state index in [-0.39, 0.29) is 34.6 Å². The maximum absolute atomic E-state index is 14.2. The molecule has 36 heavy (non-hydrogen) atoms. The second-order valence-electron chi connectivity index (χ2n) is 8.11. The molecule has 0 aliphatic carbocycles. The quantitative estimate of drug-likeness (QED) is 0.270. The van der Waals surface area contributed by atoms with Crippen LogP contribution in [0.2, 0.25) is 5.02 Å². The molecule has 2 aliphatic rings. The Hall–Kier alpha value is -2.31. The highest BCUT2D eigenvalue weighted by Crippen LogP contribution is 2.38. The van der Waals surface area contributed by atoms with Gasteiger partial charge in [-0.15, -0.1) is 0 Å². The Morgan fingerprint density at radius 1 is 1.22 bits per heavy atom. The second kappa shape index (κ2) is 11.8. The molecule has 4 rings (SSSR count). The van der Waals surface area contributed by atoms with E-state index in [1.807, 2.05) is 6.92 Å². The van der Waals surface area contributed by atoms with Gasteiger partial charge >= 0.3 is 0 Å². The minimum Gasteiger partial charge on any atom is -0.490 e. The maximum atomic E-state index is 14.2. The summed E-state index contributed by atoms with van der Waals surface area (Å²) in [6.07, 6.45) is 3.45. The molecule has 0 N–H and O–H groups in total. The second-order valence-corrected chi connectivity index (χ2v) is 10.7. The smallest absolute Gasteiger partial charge is 0.294 e. The average Bonchev–Trinajstić information content (AvgIpc) is 3.45. The number of halogens is 3. The summed E-state index contributed by atoms with van der Waals surface area (Å²) in [5, 5.41) is -0.209. The van der Waals surface area contributed by atoms with E-state index in [1.54, 1.807) is 29.2 Å². The van der Waals surface area contributed by atoms with Crippen LogP contribution in [-0.4, -0.2) is 53.1 Å². The fraction of sp³-hybridized carbons (Fsp3) is 0.320. The van der Waals surface area contributed by atoms with Gasteiger partial charge in [0.25, 0.3) is 11.1 Å². The molecule has 0 aromatic heterocycles. The maximum Gasteiger partial charge on any atom is 0.294 e. The summed E-state index contributed by atoms with van der Waals surface area (Å²) in [4.78, 5) is 40.7. The lowest BCUT2D eigenvalue weighted by molar-refractivity contribution is -0.135. The molecular formula is C25H23ClFIN2O5S. The number of nitrogens with zero attached hydrogens (tertiary/aromatic N) is 2. The molecule has 0 saturated carbocycles. The van der Waals surface area contributed by atoms with Crippen LogP contribution in [0, 0.1) is 9.39 Å². The van der Waals surface area contributed by atoms with Gasteiger partial charge in [-0.2, -0.15) is 0 Å². The lowest BCUT2D eigenvalue weighted by Gasteiger charge is -2.18. The zero-order valence-electron chi connectivity index (χ0n) is 19.4. The van der Waals surface area contributed by atoms with Crippen molar-refractivity contribution in [3.05, 3.63) is 60.8 Å². The molecule has 190 valence electrons. The minimum atomic E-state index is -0.500. The Morgan fingerprint density at radius 2 is 1.97 bits per heavy atom. The number of carbonyl (C=O) groups is 3. The van der Waals surface area contributed by atoms with Crippen molar-refractivity contribution in [3.8, 4) is 11.5 Å². The fourth-order valence-corrected chi connectivity index (χ4v) is 5.72. The Balaban J connectivity index is 1.53. The highest BCUT2D eigenvalue weighted by Gasteiger charge is 2.37. The van der Waals surface area contributed by atoms with Gasteiger partial charge in [-0.3, -0.25) is 19.3 Å². The van der Waals surface area contributed by atoms with Gasteiger partial charge in [-0.05, 0) is 90.0 Å². The zero-order chi connectivity index (χ0) is 25.8. The van der Waals surface area contributed by atoms with E-state index in [1.165, 1.54) is 12.1 Å². The van der Waals surface area contributed by atoms with Crippen molar-refractivity contribution in [2.45, 2.75) is 26.4 Å². The van der Waals surface area contributed by atoms with Crippen molar-refractivity contribution in [2.24, 2.45) is 0 Å². The number of likely N-dealkylation sites (tertiary alicyclic amines) is 1. The van der Waals surface area contributed by atoms with Crippen LogP contribution in [0.4, 0.5) is 9.18 Å². The zero-order valence-corrected chi connectivity index (χ0v) is 23.1. The van der Waals surface area contributed by atoms with Crippen LogP contribution in [0.1, 0.15) is 30.9 Å². The van der Waals surface area contributed by atoms with Crippen LogP contribution in [0.5, 0.6) is 11.5 Å². The van der Waals surface area contributed by atoms with Crippen molar-refractivity contribution >= 4 is 69.1 Å². The highest BCUT2D eigenvalue weighted by atomic mass is 127. The van der Waals surface area contributed by atoms with Gasteiger partial charge < -0.3 is 14.4 Å². The van der Waals surface area contributed by atoms with Crippen LogP contribution in [0.15, 0.2) is 35.2 Å². The summed E-state index contributed by atoms with van der Waals surface area (Å²) in [7, 11) is 0. The van der Waals surface area contributed by atoms with Crippen LogP contribution in [0.25, 0.3) is 6.08 Å². The molecule has 7 nitrogen and oxygen atoms in total. The lowest BCUT2D eigenvalue weighted by Crippen LogP contribution is -2.40. The lowest BCUT2D eigenvalue weighted by atomic mass is 10.1. The normalized spacial score (nSPS) is 16.8. The highest BCUT2D eigenvalue weighted by molar-refractivity contribution is 14.1. The first-order chi connectivity index (χ1) is 17.3. The van der Waals surface area contributed by atoms with E-state index in [2.05, 4.69) is 22.6 Å². The topological polar surface area (TPSA) is 76.2 Å². The third kappa shape index (κ3) is 5.97. The first-order valence-electron chi connectivity index (χ1n) is 11.3. The molecule has 2 aliphatic heterocycles. The predicted octanol–water partition coefficient (Wildman–Crippen LogP) is 5.72. The van der Waals surface area contributed by atoms with Crippen molar-refractivity contribution in [1.29, 1.82) is 0 Å². The summed E-state index contributed by atoms with van der Waals surface area (Å²) in [6.45, 7) is 3.13. The van der Waals surface area contributed by atoms with Crippen LogP contribution in [-0.2, 0) is 16.2 Å². The van der Waals surface area contributed by atoms with Gasteiger partial charge in [0, 0.05) is 18.7 Å². The van der Waals surface area contributed by atoms with Gasteiger partial charge in [0.1, 0.15) is 19.0 Å². The standard InChI is InChI=1S/C25H23ClFIN2O5S/c1-2-34-20-11-15(10-19(28)23(20)35-14-16-17(26)6-5-7-18(16)27)12-21-24(32)30(25(33)36-21)13-22(31)29-8-3-4-9-29/h5-7,10-12H,2-4,8-9,13-14H2,1H3/b21-12-. The van der Waals surface area contributed by atoms with Crippen molar-refractivity contribution < 1.29 is 28.2 Å². The van der Waals surface area contributed by atoms with Crippen molar-refractivity contribution in [2.75, 3.05) is 26.2 Å². The summed E-state index contributed by atoms with van der Waals surface area (Å²) in [5.41, 5.74) is 0.856. The molecule has 0 spiro atoms. The number of hydrogen-bond acceptors (Lipinski definition) is 6. The van der Waals surface area contributed by atoms with E-state index < -0.39 is 17.0 Å². The van der Waals surface area contributed by atoms with Crippen molar-refractivity contribution in [3.63, 3.8) is 0 Å². The van der Waals surface area contributed by atoms with E-state index in [9.17, 15) is 18.8 Å². The predicted molar refractivity (Wildman–Crippen MR) is 145 cm³/mol. The van der Waals surface area contributed by atoms with Gasteiger partial charge in [0.2, 0.25) is 5.91 Å². The van der Waals surface area contributed by atoms with E-state index in [0.29, 0.717) is 40.3 Å². The number of hydrogen-bond donors (Lipinski definition) is 0. The molecule has 11 heteroatoms. The Kier molecular flexibility index (Phi) is 8.78. The molecule has 2 fully saturated rings. The van der Waals surface area contributed by atoms with E-state index in [4.69, 9.17) is 21.1 Å². The monoisotopic (exact) mass is 644 g/mol. The molecule has 2 heterocycles. The number of ether oxygens (including phenoxy) is 2. The van der Waals surface area contributed by atoms with E-state index in [0.717, 1.165) is 29.5 Å². The van der Waals surface area contributed by atoms with Gasteiger partial charge in [-0.25, -0.2) is 4.39 Å². The van der Waals surface area contributed by atoms with Crippen LogP contribution in [0.3, 0.4) is 0 Å². The third-order valence-electron chi connectivity index (χ3n) is 5.68. The Labute approximate surface area is 231 Å². The number of thioether (sulfide) groups is 1. The summed E-state index contributed by atoms with van der Waals surface area (Å²) < 4.78 is 26.5. The molecule has 0 radical (unpaired) electrons. The minimum absolute atomic E-state index is 0.0924. The van der Waals surface area contributed by atoms with Crippen LogP contribution < -0.4 is 9.47 Å². The summed E-state index contributed by atoms with van der Waals surface area (Å²) in [5.74, 6) is -0.364. The molecule has 0 unspecified atom stereocenters. The molecule has 2 aromatic carbocycles. The largest absolute Gasteiger partial charge is 0.490 e. The van der Waals surface area contributed by atoms with Gasteiger partial charge in [-0.1, -0.05) is 17.7 Å². The number of imide groups is 1. The van der Waals surface area contributed by atoms with E-state index >= 15 is 0 Å². The fourth-order valence-electron chi connectivity index (χ4n) is 3.88. The summed E-state index contributed by atoms with van der Waals surface area (Å²) in [6, 6.07) is 7.88. The van der Waals surface area contributed by atoms with Gasteiger partial charge in [0.15, 0.2) is 11.5 Å². The number of carbonyl (C=O) groups excluding carboxylic acids is 3. The Morgan fingerprint density at radius 3 is 2.67 bits per heavy atom. The third-order valence-corrected chi connectivity index (χ3v) is 7.74. The number of amides is 3. The first-order valence-corrected chi connectivity index (χ1v) is 13.6. The molecule has 2 aromatic rings. The molecule has 3 amide bonds. The summed E-state index contributed by atoms with van der Waals surface area (Å²) >= 11 is 8.98. The molecule has 2 saturated heterocycles. The number of benzene rings is 2. The SMILES string of the molecule is CCOc1cc(/C=C2\SC(=O)N(CC(=O)N3CCCC3)C2=O)cc(I)c1OCc1c(F)cccc1Cl. The molecule has 0 bridgehead atoms.